The Morgan fingerprint density at radius 2 is 1.72 bits per heavy atom. The molecule has 1 aromatic heterocycles. The molecule has 0 spiro atoms. The maximum Gasteiger partial charge on any atom is 0.225 e. The predicted octanol–water partition coefficient (Wildman–Crippen LogP) is 3.13. The van der Waals surface area contributed by atoms with Crippen molar-refractivity contribution in [3.05, 3.63) is 60.7 Å². The molecule has 7 nitrogen and oxygen atoms in total. The van der Waals surface area contributed by atoms with E-state index in [0.29, 0.717) is 18.3 Å². The Hall–Kier alpha value is -3.16. The number of benzene rings is 2. The van der Waals surface area contributed by atoms with Gasteiger partial charge in [-0.15, -0.1) is 0 Å². The van der Waals surface area contributed by atoms with E-state index < -0.39 is 0 Å². The lowest BCUT2D eigenvalue weighted by Gasteiger charge is -2.28. The molecule has 4 rings (SSSR count). The van der Waals surface area contributed by atoms with Gasteiger partial charge in [-0.1, -0.05) is 30.3 Å². The zero-order valence-corrected chi connectivity index (χ0v) is 16.2. The van der Waals surface area contributed by atoms with Crippen LogP contribution in [0.2, 0.25) is 0 Å². The molecule has 1 fully saturated rings. The van der Waals surface area contributed by atoms with E-state index in [2.05, 4.69) is 49.8 Å². The standard InChI is InChI=1S/C22H25N5O2/c28-13-10-23-22-25-20(17-4-2-1-3-5-17)16-21(26-22)24-18-6-8-19(9-7-18)27-11-14-29-15-12-27/h1-9,16,28H,10-15H2,(H2,23,24,25,26). The van der Waals surface area contributed by atoms with Crippen LogP contribution in [0.4, 0.5) is 23.1 Å². The fourth-order valence-electron chi connectivity index (χ4n) is 3.24. The predicted molar refractivity (Wildman–Crippen MR) is 116 cm³/mol. The van der Waals surface area contributed by atoms with Crippen molar-refractivity contribution in [1.29, 1.82) is 0 Å². The van der Waals surface area contributed by atoms with Crippen LogP contribution >= 0.6 is 0 Å². The van der Waals surface area contributed by atoms with E-state index in [1.54, 1.807) is 0 Å². The minimum absolute atomic E-state index is 0.0185. The Kier molecular flexibility index (Phi) is 6.19. The lowest BCUT2D eigenvalue weighted by molar-refractivity contribution is 0.122. The van der Waals surface area contributed by atoms with Gasteiger partial charge in [0.25, 0.3) is 0 Å². The molecule has 1 aliphatic rings. The number of ether oxygens (including phenoxy) is 1. The third kappa shape index (κ3) is 5.01. The summed E-state index contributed by atoms with van der Waals surface area (Å²) in [6.45, 7) is 3.79. The van der Waals surface area contributed by atoms with E-state index in [1.807, 2.05) is 36.4 Å². The van der Waals surface area contributed by atoms with Crippen LogP contribution in [0.15, 0.2) is 60.7 Å². The van der Waals surface area contributed by atoms with Crippen molar-refractivity contribution in [2.24, 2.45) is 0 Å². The molecule has 1 aliphatic heterocycles. The molecule has 3 N–H and O–H groups in total. The van der Waals surface area contributed by atoms with Crippen LogP contribution in [0.25, 0.3) is 11.3 Å². The Morgan fingerprint density at radius 3 is 2.45 bits per heavy atom. The lowest BCUT2D eigenvalue weighted by atomic mass is 10.1. The number of nitrogens with zero attached hydrogens (tertiary/aromatic N) is 3. The van der Waals surface area contributed by atoms with Gasteiger partial charge in [-0.25, -0.2) is 4.98 Å². The number of hydrogen-bond donors (Lipinski definition) is 3. The molecule has 0 bridgehead atoms. The monoisotopic (exact) mass is 391 g/mol. The lowest BCUT2D eigenvalue weighted by Crippen LogP contribution is -2.36. The first-order valence-electron chi connectivity index (χ1n) is 9.81. The molecule has 2 heterocycles. The van der Waals surface area contributed by atoms with Gasteiger partial charge >= 0.3 is 0 Å². The third-order valence-corrected chi connectivity index (χ3v) is 4.71. The van der Waals surface area contributed by atoms with Gasteiger partial charge in [-0.3, -0.25) is 0 Å². The largest absolute Gasteiger partial charge is 0.395 e. The molecule has 3 aromatic rings. The number of aliphatic hydroxyl groups is 1. The Labute approximate surface area is 170 Å². The van der Waals surface area contributed by atoms with Crippen LogP contribution in [0.3, 0.4) is 0 Å². The van der Waals surface area contributed by atoms with Crippen molar-refractivity contribution in [2.45, 2.75) is 0 Å². The second-order valence-corrected chi connectivity index (χ2v) is 6.75. The van der Waals surface area contributed by atoms with E-state index in [9.17, 15) is 0 Å². The minimum atomic E-state index is 0.0185. The molecule has 0 saturated carbocycles. The average Bonchev–Trinajstić information content (AvgIpc) is 2.79. The average molecular weight is 391 g/mol. The molecule has 2 aromatic carbocycles. The van der Waals surface area contributed by atoms with Crippen molar-refractivity contribution in [1.82, 2.24) is 9.97 Å². The van der Waals surface area contributed by atoms with Gasteiger partial charge in [-0.05, 0) is 24.3 Å². The molecule has 0 unspecified atom stereocenters. The van der Waals surface area contributed by atoms with Crippen molar-refractivity contribution in [2.75, 3.05) is 55.0 Å². The summed E-state index contributed by atoms with van der Waals surface area (Å²) in [4.78, 5) is 11.4. The van der Waals surface area contributed by atoms with Gasteiger partial charge in [0.05, 0.1) is 25.5 Å². The molecule has 0 radical (unpaired) electrons. The van der Waals surface area contributed by atoms with Crippen LogP contribution < -0.4 is 15.5 Å². The fourth-order valence-corrected chi connectivity index (χ4v) is 3.24. The van der Waals surface area contributed by atoms with Crippen molar-refractivity contribution in [3.8, 4) is 11.3 Å². The SMILES string of the molecule is OCCNc1nc(Nc2ccc(N3CCOCC3)cc2)cc(-c2ccccc2)n1. The fraction of sp³-hybridized carbons (Fsp3) is 0.273. The highest BCUT2D eigenvalue weighted by atomic mass is 16.5. The highest BCUT2D eigenvalue weighted by Gasteiger charge is 2.11. The van der Waals surface area contributed by atoms with Gasteiger partial charge in [-0.2, -0.15) is 4.98 Å². The van der Waals surface area contributed by atoms with Gasteiger partial charge in [0, 0.05) is 42.6 Å². The molecule has 0 amide bonds. The normalized spacial score (nSPS) is 13.9. The topological polar surface area (TPSA) is 82.5 Å². The van der Waals surface area contributed by atoms with Crippen LogP contribution in [0.1, 0.15) is 0 Å². The molecule has 0 aliphatic carbocycles. The van der Waals surface area contributed by atoms with Crippen LogP contribution in [-0.2, 0) is 4.74 Å². The van der Waals surface area contributed by atoms with Gasteiger partial charge in [0.2, 0.25) is 5.95 Å². The second kappa shape index (κ2) is 9.36. The quantitative estimate of drug-likeness (QED) is 0.571. The molecular formula is C22H25N5O2. The van der Waals surface area contributed by atoms with Crippen LogP contribution in [0, 0.1) is 0 Å². The van der Waals surface area contributed by atoms with E-state index in [0.717, 1.165) is 43.2 Å². The molecular weight excluding hydrogens is 366 g/mol. The smallest absolute Gasteiger partial charge is 0.225 e. The maximum absolute atomic E-state index is 9.11. The molecule has 150 valence electrons. The number of anilines is 4. The van der Waals surface area contributed by atoms with Gasteiger partial charge < -0.3 is 25.4 Å². The Bertz CT molecular complexity index is 912. The summed E-state index contributed by atoms with van der Waals surface area (Å²) in [7, 11) is 0. The number of morpholine rings is 1. The van der Waals surface area contributed by atoms with E-state index in [-0.39, 0.29) is 6.61 Å². The van der Waals surface area contributed by atoms with E-state index >= 15 is 0 Å². The van der Waals surface area contributed by atoms with Crippen LogP contribution in [-0.4, -0.2) is 54.5 Å². The second-order valence-electron chi connectivity index (χ2n) is 6.75. The number of hydrogen-bond acceptors (Lipinski definition) is 7. The highest BCUT2D eigenvalue weighted by molar-refractivity contribution is 5.68. The van der Waals surface area contributed by atoms with E-state index in [1.165, 1.54) is 5.69 Å². The Balaban J connectivity index is 1.55. The zero-order valence-electron chi connectivity index (χ0n) is 16.2. The summed E-state index contributed by atoms with van der Waals surface area (Å²) in [5.74, 6) is 1.17. The van der Waals surface area contributed by atoms with Crippen molar-refractivity contribution >= 4 is 23.1 Å². The number of rotatable bonds is 7. The summed E-state index contributed by atoms with van der Waals surface area (Å²) in [6.07, 6.45) is 0. The first-order chi connectivity index (χ1) is 14.3. The van der Waals surface area contributed by atoms with Crippen molar-refractivity contribution < 1.29 is 9.84 Å². The summed E-state index contributed by atoms with van der Waals surface area (Å²) >= 11 is 0. The van der Waals surface area contributed by atoms with Gasteiger partial charge in [0.15, 0.2) is 0 Å². The number of aliphatic hydroxyl groups excluding tert-OH is 1. The van der Waals surface area contributed by atoms with Crippen molar-refractivity contribution in [3.63, 3.8) is 0 Å². The Morgan fingerprint density at radius 1 is 0.966 bits per heavy atom. The minimum Gasteiger partial charge on any atom is -0.395 e. The number of nitrogens with one attached hydrogen (secondary N) is 2. The maximum atomic E-state index is 9.11. The first-order valence-corrected chi connectivity index (χ1v) is 9.81. The summed E-state index contributed by atoms with van der Waals surface area (Å²) in [6, 6.07) is 20.2. The third-order valence-electron chi connectivity index (χ3n) is 4.71. The van der Waals surface area contributed by atoms with Gasteiger partial charge in [0.1, 0.15) is 5.82 Å². The summed E-state index contributed by atoms with van der Waals surface area (Å²) in [5, 5.41) is 15.5. The first kappa shape index (κ1) is 19.2. The molecule has 7 heteroatoms. The molecule has 1 saturated heterocycles. The summed E-state index contributed by atoms with van der Waals surface area (Å²) < 4.78 is 5.42. The highest BCUT2D eigenvalue weighted by Crippen LogP contribution is 2.25. The number of aromatic nitrogens is 2. The summed E-state index contributed by atoms with van der Waals surface area (Å²) in [5.41, 5.74) is 3.96. The van der Waals surface area contributed by atoms with Crippen LogP contribution in [0.5, 0.6) is 0 Å². The zero-order chi connectivity index (χ0) is 19.9. The van der Waals surface area contributed by atoms with E-state index in [4.69, 9.17) is 9.84 Å². The molecule has 29 heavy (non-hydrogen) atoms. The molecule has 0 atom stereocenters.